The number of rotatable bonds is 3. The summed E-state index contributed by atoms with van der Waals surface area (Å²) in [6, 6.07) is 0. The summed E-state index contributed by atoms with van der Waals surface area (Å²) in [6.45, 7) is 6.01. The van der Waals surface area contributed by atoms with Crippen molar-refractivity contribution in [2.75, 3.05) is 26.2 Å². The van der Waals surface area contributed by atoms with Crippen molar-refractivity contribution in [2.45, 2.75) is 13.3 Å². The van der Waals surface area contributed by atoms with Crippen LogP contribution in [0.15, 0.2) is 5.16 Å². The monoisotopic (exact) mass is 202 g/mol. The average molecular weight is 203 g/mol. The highest BCUT2D eigenvalue weighted by Crippen LogP contribution is 2.34. The Bertz CT molecular complexity index is 220. The van der Waals surface area contributed by atoms with E-state index in [1.165, 1.54) is 19.5 Å². The molecule has 0 spiro atoms. The molecule has 0 saturated carbocycles. The van der Waals surface area contributed by atoms with E-state index in [0.29, 0.717) is 17.7 Å². The summed E-state index contributed by atoms with van der Waals surface area (Å²) in [5.74, 6) is 1.15. The lowest BCUT2D eigenvalue weighted by Crippen LogP contribution is -2.27. The van der Waals surface area contributed by atoms with Gasteiger partial charge in [0.05, 0.1) is 0 Å². The quantitative estimate of drug-likeness (QED) is 0.512. The van der Waals surface area contributed by atoms with Gasteiger partial charge in [0.2, 0.25) is 0 Å². The third kappa shape index (κ3) is 1.81. The molecule has 3 atom stereocenters. The van der Waals surface area contributed by atoms with Crippen LogP contribution in [0.1, 0.15) is 13.3 Å². The topological polar surface area (TPSA) is 24.8 Å². The second-order valence-electron chi connectivity index (χ2n) is 3.75. The highest BCUT2D eigenvalue weighted by atomic mass is 35.5. The first-order valence-electron chi connectivity index (χ1n) is 4.89. The molecule has 2 bridgehead atoms. The molecule has 74 valence electrons. The van der Waals surface area contributed by atoms with E-state index in [1.807, 2.05) is 6.92 Å². The van der Waals surface area contributed by atoms with Crippen LogP contribution in [0, 0.1) is 11.8 Å². The fraction of sp³-hybridized carbons (Fsp3) is 0.889. The normalized spacial score (nSPS) is 38.3. The van der Waals surface area contributed by atoms with Crippen molar-refractivity contribution in [3.05, 3.63) is 0 Å². The number of halogens is 1. The lowest BCUT2D eigenvalue weighted by molar-refractivity contribution is 0.157. The average Bonchev–Trinajstić information content (AvgIpc) is 2.74. The van der Waals surface area contributed by atoms with E-state index in [2.05, 4.69) is 10.1 Å². The van der Waals surface area contributed by atoms with E-state index >= 15 is 0 Å². The molecule has 0 N–H and O–H groups in total. The molecular formula is C9H15ClN2O. The second-order valence-corrected chi connectivity index (χ2v) is 4.13. The molecule has 3 nitrogen and oxygen atoms in total. The molecule has 0 aromatic carbocycles. The molecule has 2 fully saturated rings. The van der Waals surface area contributed by atoms with Gasteiger partial charge in [-0.3, -0.25) is 0 Å². The minimum absolute atomic E-state index is 0.432. The number of nitrogens with zero attached hydrogens (tertiary/aromatic N) is 2. The Morgan fingerprint density at radius 1 is 1.62 bits per heavy atom. The summed E-state index contributed by atoms with van der Waals surface area (Å²) in [4.78, 5) is 7.40. The predicted molar refractivity (Wildman–Crippen MR) is 53.0 cm³/mol. The van der Waals surface area contributed by atoms with Crippen molar-refractivity contribution in [2.24, 2.45) is 17.0 Å². The van der Waals surface area contributed by atoms with E-state index in [9.17, 15) is 0 Å². The zero-order chi connectivity index (χ0) is 9.26. The van der Waals surface area contributed by atoms with Crippen molar-refractivity contribution in [3.8, 4) is 0 Å². The van der Waals surface area contributed by atoms with Crippen LogP contribution in [0.5, 0.6) is 0 Å². The molecule has 3 unspecified atom stereocenters. The SMILES string of the molecule is CCON=C(Cl)C1CN2CCC1C2. The zero-order valence-electron chi connectivity index (χ0n) is 7.87. The standard InChI is InChI=1S/C9H15ClN2O/c1-2-13-11-9(10)8-6-12-4-3-7(8)5-12/h7-8H,2-6H2,1H3. The van der Waals surface area contributed by atoms with Crippen molar-refractivity contribution >= 4 is 16.8 Å². The van der Waals surface area contributed by atoms with Gasteiger partial charge in [0, 0.05) is 19.0 Å². The molecule has 2 saturated heterocycles. The number of piperidine rings is 1. The zero-order valence-corrected chi connectivity index (χ0v) is 8.63. The third-order valence-corrected chi connectivity index (χ3v) is 3.27. The molecule has 0 aliphatic carbocycles. The summed E-state index contributed by atoms with van der Waals surface area (Å²) in [5, 5.41) is 4.56. The van der Waals surface area contributed by atoms with E-state index in [1.54, 1.807) is 0 Å². The molecule has 0 amide bonds. The first-order valence-corrected chi connectivity index (χ1v) is 5.26. The lowest BCUT2D eigenvalue weighted by atomic mass is 9.94. The third-order valence-electron chi connectivity index (χ3n) is 2.92. The van der Waals surface area contributed by atoms with Gasteiger partial charge in [0.15, 0.2) is 0 Å². The van der Waals surface area contributed by atoms with Crippen LogP contribution < -0.4 is 0 Å². The van der Waals surface area contributed by atoms with Crippen LogP contribution in [0.25, 0.3) is 0 Å². The van der Waals surface area contributed by atoms with Gasteiger partial charge in [-0.1, -0.05) is 16.8 Å². The fourth-order valence-corrected chi connectivity index (χ4v) is 2.54. The van der Waals surface area contributed by atoms with E-state index < -0.39 is 0 Å². The summed E-state index contributed by atoms with van der Waals surface area (Å²) in [6.07, 6.45) is 1.27. The second kappa shape index (κ2) is 3.84. The lowest BCUT2D eigenvalue weighted by Gasteiger charge is -2.19. The van der Waals surface area contributed by atoms with E-state index in [-0.39, 0.29) is 0 Å². The Morgan fingerprint density at radius 2 is 2.46 bits per heavy atom. The van der Waals surface area contributed by atoms with Crippen LogP contribution >= 0.6 is 11.6 Å². The number of hydrogen-bond acceptors (Lipinski definition) is 3. The molecular weight excluding hydrogens is 188 g/mol. The van der Waals surface area contributed by atoms with Gasteiger partial charge in [-0.15, -0.1) is 0 Å². The van der Waals surface area contributed by atoms with E-state index in [4.69, 9.17) is 16.4 Å². The van der Waals surface area contributed by atoms with Crippen LogP contribution in [-0.4, -0.2) is 36.3 Å². The molecule has 13 heavy (non-hydrogen) atoms. The van der Waals surface area contributed by atoms with Gasteiger partial charge in [0.25, 0.3) is 0 Å². The predicted octanol–water partition coefficient (Wildman–Crippen LogP) is 1.53. The van der Waals surface area contributed by atoms with Gasteiger partial charge in [-0.2, -0.15) is 0 Å². The van der Waals surface area contributed by atoms with Gasteiger partial charge in [-0.25, -0.2) is 0 Å². The first-order chi connectivity index (χ1) is 6.31. The molecule has 2 aliphatic rings. The maximum Gasteiger partial charge on any atom is 0.150 e. The van der Waals surface area contributed by atoms with Crippen molar-refractivity contribution in [1.82, 2.24) is 4.90 Å². The molecule has 4 heteroatoms. The molecule has 2 rings (SSSR count). The van der Waals surface area contributed by atoms with Gasteiger partial charge in [-0.05, 0) is 25.8 Å². The Kier molecular flexibility index (Phi) is 2.74. The van der Waals surface area contributed by atoms with Gasteiger partial charge < -0.3 is 9.74 Å². The largest absolute Gasteiger partial charge is 0.395 e. The summed E-state index contributed by atoms with van der Waals surface area (Å²) in [5.41, 5.74) is 0. The minimum Gasteiger partial charge on any atom is -0.395 e. The van der Waals surface area contributed by atoms with Crippen molar-refractivity contribution in [3.63, 3.8) is 0 Å². The maximum atomic E-state index is 6.06. The van der Waals surface area contributed by atoms with Crippen molar-refractivity contribution in [1.29, 1.82) is 0 Å². The summed E-state index contributed by atoms with van der Waals surface area (Å²) < 4.78 is 0. The smallest absolute Gasteiger partial charge is 0.150 e. The number of fused-ring (bicyclic) bond motifs is 2. The van der Waals surface area contributed by atoms with Crippen LogP contribution in [0.4, 0.5) is 0 Å². The van der Waals surface area contributed by atoms with Gasteiger partial charge in [0.1, 0.15) is 11.8 Å². The summed E-state index contributed by atoms with van der Waals surface area (Å²) >= 11 is 6.06. The minimum atomic E-state index is 0.432. The number of hydrogen-bond donors (Lipinski definition) is 0. The number of oxime groups is 1. The molecule has 2 aliphatic heterocycles. The highest BCUT2D eigenvalue weighted by molar-refractivity contribution is 6.65. The first kappa shape index (κ1) is 9.28. The van der Waals surface area contributed by atoms with Crippen LogP contribution in [0.2, 0.25) is 0 Å². The summed E-state index contributed by atoms with van der Waals surface area (Å²) in [7, 11) is 0. The van der Waals surface area contributed by atoms with E-state index in [0.717, 1.165) is 12.5 Å². The molecule has 0 aromatic rings. The van der Waals surface area contributed by atoms with Crippen LogP contribution in [0.3, 0.4) is 0 Å². The fourth-order valence-electron chi connectivity index (χ4n) is 2.25. The molecule has 2 heterocycles. The highest BCUT2D eigenvalue weighted by Gasteiger charge is 2.40. The molecule has 0 aromatic heterocycles. The Labute approximate surface area is 83.7 Å². The van der Waals surface area contributed by atoms with Crippen molar-refractivity contribution < 1.29 is 4.84 Å². The Morgan fingerprint density at radius 3 is 3.00 bits per heavy atom. The maximum absolute atomic E-state index is 6.06. The van der Waals surface area contributed by atoms with Gasteiger partial charge >= 0.3 is 0 Å². The molecule has 0 radical (unpaired) electrons. The Balaban J connectivity index is 1.94. The van der Waals surface area contributed by atoms with Crippen LogP contribution in [-0.2, 0) is 4.84 Å². The Hall–Kier alpha value is -0.280.